The quantitative estimate of drug-likeness (QED) is 0.556. The van der Waals surface area contributed by atoms with Crippen LogP contribution in [0, 0.1) is 5.92 Å². The molecule has 2 aromatic rings. The third-order valence-electron chi connectivity index (χ3n) is 5.91. The standard InChI is InChI=1S/C23H22/c1-2-12-22-18(6-1)15-20-11-4-10-19(23(20)22)14-17-9-3-7-16-8-5-13-21(16)17/h1-2,4-6,10-13,17H,3,7-9,14-15H2. The molecule has 1 unspecified atom stereocenters. The van der Waals surface area contributed by atoms with Crippen LogP contribution < -0.4 is 0 Å². The molecule has 3 aliphatic rings. The van der Waals surface area contributed by atoms with Crippen molar-refractivity contribution in [2.75, 3.05) is 0 Å². The summed E-state index contributed by atoms with van der Waals surface area (Å²) in [5, 5.41) is 0. The summed E-state index contributed by atoms with van der Waals surface area (Å²) in [6, 6.07) is 15.9. The summed E-state index contributed by atoms with van der Waals surface area (Å²) >= 11 is 0. The lowest BCUT2D eigenvalue weighted by Gasteiger charge is -2.25. The average Bonchev–Trinajstić information content (AvgIpc) is 3.20. The van der Waals surface area contributed by atoms with E-state index in [1.54, 1.807) is 16.7 Å². The van der Waals surface area contributed by atoms with Crippen molar-refractivity contribution >= 4 is 0 Å². The van der Waals surface area contributed by atoms with Crippen molar-refractivity contribution in [2.24, 2.45) is 5.92 Å². The molecule has 0 aliphatic heterocycles. The van der Waals surface area contributed by atoms with Crippen molar-refractivity contribution in [3.8, 4) is 11.1 Å². The zero-order valence-corrected chi connectivity index (χ0v) is 13.5. The maximum Gasteiger partial charge on any atom is -0.00134 e. The molecule has 0 N–H and O–H groups in total. The van der Waals surface area contributed by atoms with Gasteiger partial charge in [0.15, 0.2) is 0 Å². The second-order valence-electron chi connectivity index (χ2n) is 7.24. The minimum atomic E-state index is 0.733. The molecule has 0 heteroatoms. The molecule has 0 nitrogen and oxygen atoms in total. The first-order chi connectivity index (χ1) is 11.4. The second-order valence-corrected chi connectivity index (χ2v) is 7.24. The summed E-state index contributed by atoms with van der Waals surface area (Å²) in [4.78, 5) is 0. The highest BCUT2D eigenvalue weighted by Gasteiger charge is 2.26. The molecule has 0 fully saturated rings. The molecule has 23 heavy (non-hydrogen) atoms. The van der Waals surface area contributed by atoms with E-state index in [4.69, 9.17) is 0 Å². The van der Waals surface area contributed by atoms with Gasteiger partial charge in [-0.15, -0.1) is 0 Å². The normalized spacial score (nSPS) is 21.3. The van der Waals surface area contributed by atoms with Gasteiger partial charge in [0, 0.05) is 0 Å². The zero-order valence-electron chi connectivity index (χ0n) is 13.5. The van der Waals surface area contributed by atoms with Gasteiger partial charge in [-0.25, -0.2) is 0 Å². The topological polar surface area (TPSA) is 0 Å². The van der Waals surface area contributed by atoms with Gasteiger partial charge < -0.3 is 0 Å². The van der Waals surface area contributed by atoms with E-state index in [2.05, 4.69) is 54.6 Å². The number of allylic oxidation sites excluding steroid dienone is 4. The molecule has 2 aromatic carbocycles. The molecular weight excluding hydrogens is 276 g/mol. The Balaban J connectivity index is 1.55. The van der Waals surface area contributed by atoms with Gasteiger partial charge in [-0.05, 0) is 77.8 Å². The molecule has 0 heterocycles. The van der Waals surface area contributed by atoms with E-state index in [9.17, 15) is 0 Å². The Labute approximate surface area is 138 Å². The first kappa shape index (κ1) is 13.4. The minimum Gasteiger partial charge on any atom is -0.0802 e. The highest BCUT2D eigenvalue weighted by Crippen LogP contribution is 2.43. The Morgan fingerprint density at radius 1 is 0.957 bits per heavy atom. The molecule has 0 saturated heterocycles. The molecule has 0 bridgehead atoms. The van der Waals surface area contributed by atoms with E-state index in [0.717, 1.165) is 12.3 Å². The first-order valence-corrected chi connectivity index (χ1v) is 8.97. The van der Waals surface area contributed by atoms with Crippen molar-refractivity contribution in [1.82, 2.24) is 0 Å². The van der Waals surface area contributed by atoms with Gasteiger partial charge in [-0.1, -0.05) is 60.2 Å². The SMILES string of the molecule is C1=CC2=C(C1)CCCC2Cc1cccc2c1-c1ccccc1C2. The summed E-state index contributed by atoms with van der Waals surface area (Å²) in [5.74, 6) is 0.733. The van der Waals surface area contributed by atoms with Crippen LogP contribution in [-0.2, 0) is 12.8 Å². The van der Waals surface area contributed by atoms with Crippen molar-refractivity contribution in [2.45, 2.75) is 38.5 Å². The van der Waals surface area contributed by atoms with Gasteiger partial charge >= 0.3 is 0 Å². The van der Waals surface area contributed by atoms with Gasteiger partial charge in [0.25, 0.3) is 0 Å². The van der Waals surface area contributed by atoms with Crippen LogP contribution in [0.3, 0.4) is 0 Å². The van der Waals surface area contributed by atoms with E-state index >= 15 is 0 Å². The molecule has 114 valence electrons. The number of benzene rings is 2. The lowest BCUT2D eigenvalue weighted by atomic mass is 9.79. The van der Waals surface area contributed by atoms with Gasteiger partial charge in [0.1, 0.15) is 0 Å². The smallest absolute Gasteiger partial charge is 0.00134 e. The third-order valence-corrected chi connectivity index (χ3v) is 5.91. The van der Waals surface area contributed by atoms with E-state index in [-0.39, 0.29) is 0 Å². The Hall–Kier alpha value is -2.08. The van der Waals surface area contributed by atoms with Crippen LogP contribution in [0.2, 0.25) is 0 Å². The van der Waals surface area contributed by atoms with Gasteiger partial charge in [0.05, 0.1) is 0 Å². The van der Waals surface area contributed by atoms with Crippen LogP contribution in [0.5, 0.6) is 0 Å². The first-order valence-electron chi connectivity index (χ1n) is 8.97. The van der Waals surface area contributed by atoms with Crippen LogP contribution in [0.4, 0.5) is 0 Å². The molecule has 0 spiro atoms. The predicted molar refractivity (Wildman–Crippen MR) is 96.5 cm³/mol. The highest BCUT2D eigenvalue weighted by atomic mass is 14.3. The number of hydrogen-bond acceptors (Lipinski definition) is 0. The number of fused-ring (bicyclic) bond motifs is 3. The Bertz CT molecular complexity index is 835. The third kappa shape index (κ3) is 2.12. The minimum absolute atomic E-state index is 0.733. The summed E-state index contributed by atoms with van der Waals surface area (Å²) in [7, 11) is 0. The summed E-state index contributed by atoms with van der Waals surface area (Å²) in [5.41, 5.74) is 11.0. The highest BCUT2D eigenvalue weighted by molar-refractivity contribution is 5.79. The molecule has 1 atom stereocenters. The van der Waals surface area contributed by atoms with Crippen LogP contribution in [0.1, 0.15) is 42.4 Å². The molecule has 0 aromatic heterocycles. The van der Waals surface area contributed by atoms with Crippen molar-refractivity contribution in [3.63, 3.8) is 0 Å². The van der Waals surface area contributed by atoms with E-state index in [1.165, 1.54) is 54.4 Å². The number of rotatable bonds is 2. The van der Waals surface area contributed by atoms with Gasteiger partial charge in [-0.3, -0.25) is 0 Å². The van der Waals surface area contributed by atoms with Crippen LogP contribution in [0.15, 0.2) is 65.8 Å². The fourth-order valence-electron chi connectivity index (χ4n) is 4.87. The summed E-state index contributed by atoms with van der Waals surface area (Å²) < 4.78 is 0. The molecule has 3 aliphatic carbocycles. The van der Waals surface area contributed by atoms with Crippen molar-refractivity contribution in [1.29, 1.82) is 0 Å². The molecular formula is C23H22. The fourth-order valence-corrected chi connectivity index (χ4v) is 4.87. The van der Waals surface area contributed by atoms with Gasteiger partial charge in [0.2, 0.25) is 0 Å². The Morgan fingerprint density at radius 2 is 1.87 bits per heavy atom. The Morgan fingerprint density at radius 3 is 2.87 bits per heavy atom. The van der Waals surface area contributed by atoms with Crippen molar-refractivity contribution < 1.29 is 0 Å². The number of hydrogen-bond donors (Lipinski definition) is 0. The Kier molecular flexibility index (Phi) is 3.04. The second kappa shape index (κ2) is 5.23. The maximum absolute atomic E-state index is 2.41. The van der Waals surface area contributed by atoms with E-state index in [1.807, 2.05) is 0 Å². The zero-order chi connectivity index (χ0) is 15.2. The molecule has 5 rings (SSSR count). The van der Waals surface area contributed by atoms with E-state index < -0.39 is 0 Å². The van der Waals surface area contributed by atoms with E-state index in [0.29, 0.717) is 0 Å². The summed E-state index contributed by atoms with van der Waals surface area (Å²) in [6.45, 7) is 0. The largest absolute Gasteiger partial charge is 0.0802 e. The van der Waals surface area contributed by atoms with Crippen LogP contribution in [-0.4, -0.2) is 0 Å². The predicted octanol–water partition coefficient (Wildman–Crippen LogP) is 5.86. The van der Waals surface area contributed by atoms with Crippen molar-refractivity contribution in [3.05, 3.63) is 82.5 Å². The van der Waals surface area contributed by atoms with Gasteiger partial charge in [-0.2, -0.15) is 0 Å². The molecule has 0 saturated carbocycles. The lowest BCUT2D eigenvalue weighted by molar-refractivity contribution is 0.506. The summed E-state index contributed by atoms with van der Waals surface area (Å²) in [6.07, 6.45) is 12.4. The fraction of sp³-hybridized carbons (Fsp3) is 0.304. The maximum atomic E-state index is 2.41. The van der Waals surface area contributed by atoms with Crippen LogP contribution >= 0.6 is 0 Å². The molecule has 0 radical (unpaired) electrons. The molecule has 0 amide bonds. The monoisotopic (exact) mass is 298 g/mol. The lowest BCUT2D eigenvalue weighted by Crippen LogP contribution is -2.13. The van der Waals surface area contributed by atoms with Crippen LogP contribution in [0.25, 0.3) is 11.1 Å². The average molecular weight is 298 g/mol.